The zero-order chi connectivity index (χ0) is 16.9. The van der Waals surface area contributed by atoms with Crippen LogP contribution in [0.1, 0.15) is 30.1 Å². The molecular weight excluding hydrogens is 306 g/mol. The van der Waals surface area contributed by atoms with Crippen LogP contribution in [0.2, 0.25) is 0 Å². The fourth-order valence-electron chi connectivity index (χ4n) is 3.02. The first-order valence-electron chi connectivity index (χ1n) is 8.14. The highest BCUT2D eigenvalue weighted by atomic mass is 16.2. The van der Waals surface area contributed by atoms with E-state index in [0.29, 0.717) is 25.1 Å². The van der Waals surface area contributed by atoms with Crippen molar-refractivity contribution in [3.63, 3.8) is 0 Å². The number of nitrogens with one attached hydrogen (secondary N) is 1. The Morgan fingerprint density at radius 2 is 2.12 bits per heavy atom. The first-order chi connectivity index (χ1) is 11.6. The molecule has 2 atom stereocenters. The summed E-state index contributed by atoms with van der Waals surface area (Å²) in [6.45, 7) is 3.08. The van der Waals surface area contributed by atoms with Crippen LogP contribution in [0.4, 0.5) is 0 Å². The zero-order valence-corrected chi connectivity index (χ0v) is 13.6. The van der Waals surface area contributed by atoms with Crippen LogP contribution < -0.4 is 5.32 Å². The van der Waals surface area contributed by atoms with Crippen LogP contribution in [-0.4, -0.2) is 50.1 Å². The highest BCUT2D eigenvalue weighted by Crippen LogP contribution is 2.20. The Balaban J connectivity index is 1.62. The van der Waals surface area contributed by atoms with Crippen molar-refractivity contribution < 1.29 is 9.59 Å². The second kappa shape index (κ2) is 7.25. The third-order valence-corrected chi connectivity index (χ3v) is 4.15. The number of amides is 2. The van der Waals surface area contributed by atoms with Crippen LogP contribution in [0.3, 0.4) is 0 Å². The maximum Gasteiger partial charge on any atom is 0.254 e. The van der Waals surface area contributed by atoms with Gasteiger partial charge in [-0.05, 0) is 31.9 Å². The van der Waals surface area contributed by atoms with E-state index in [-0.39, 0.29) is 17.9 Å². The number of hydrogen-bond acceptors (Lipinski definition) is 4. The van der Waals surface area contributed by atoms with Crippen molar-refractivity contribution in [1.82, 2.24) is 25.0 Å². The van der Waals surface area contributed by atoms with Crippen molar-refractivity contribution in [3.8, 4) is 0 Å². The van der Waals surface area contributed by atoms with Crippen LogP contribution in [0.5, 0.6) is 0 Å². The van der Waals surface area contributed by atoms with Gasteiger partial charge in [0.2, 0.25) is 5.91 Å². The average Bonchev–Trinajstić information content (AvgIpc) is 3.26. The fourth-order valence-corrected chi connectivity index (χ4v) is 3.02. The van der Waals surface area contributed by atoms with E-state index >= 15 is 0 Å². The van der Waals surface area contributed by atoms with Gasteiger partial charge in [0.05, 0.1) is 6.54 Å². The van der Waals surface area contributed by atoms with Crippen molar-refractivity contribution >= 4 is 11.8 Å². The van der Waals surface area contributed by atoms with Crippen LogP contribution in [-0.2, 0) is 11.3 Å². The highest BCUT2D eigenvalue weighted by Gasteiger charge is 2.34. The Bertz CT molecular complexity index is 686. The summed E-state index contributed by atoms with van der Waals surface area (Å²) in [7, 11) is 0. The standard InChI is InChI=1S/C17H21N5O2/c1-13(10-21-12-18-11-19-21)20-16(23)15-8-5-9-22(15)17(24)14-6-3-2-4-7-14/h2-4,6-7,11-13,15H,5,8-10H2,1H3,(H,20,23). The summed E-state index contributed by atoms with van der Waals surface area (Å²) in [6, 6.07) is 8.60. The molecule has 0 spiro atoms. The van der Waals surface area contributed by atoms with Gasteiger partial charge >= 0.3 is 0 Å². The van der Waals surface area contributed by atoms with Gasteiger partial charge in [0.1, 0.15) is 18.7 Å². The third kappa shape index (κ3) is 3.61. The van der Waals surface area contributed by atoms with Crippen molar-refractivity contribution in [1.29, 1.82) is 0 Å². The molecular formula is C17H21N5O2. The molecule has 0 bridgehead atoms. The molecule has 1 N–H and O–H groups in total. The number of aromatic nitrogens is 3. The van der Waals surface area contributed by atoms with Gasteiger partial charge in [-0.15, -0.1) is 0 Å². The number of hydrogen-bond donors (Lipinski definition) is 1. The molecule has 2 aromatic rings. The Hall–Kier alpha value is -2.70. The molecule has 1 aromatic heterocycles. The monoisotopic (exact) mass is 327 g/mol. The van der Waals surface area contributed by atoms with E-state index in [4.69, 9.17) is 0 Å². The first kappa shape index (κ1) is 16.2. The van der Waals surface area contributed by atoms with Gasteiger partial charge in [-0.2, -0.15) is 5.10 Å². The van der Waals surface area contributed by atoms with Gasteiger partial charge in [0.25, 0.3) is 5.91 Å². The summed E-state index contributed by atoms with van der Waals surface area (Å²) in [4.78, 5) is 30.8. The number of carbonyl (C=O) groups is 2. The average molecular weight is 327 g/mol. The molecule has 0 saturated carbocycles. The van der Waals surface area contributed by atoms with Crippen molar-refractivity contribution in [2.24, 2.45) is 0 Å². The quantitative estimate of drug-likeness (QED) is 0.891. The van der Waals surface area contributed by atoms with Gasteiger partial charge in [-0.25, -0.2) is 4.98 Å². The first-order valence-corrected chi connectivity index (χ1v) is 8.14. The number of rotatable bonds is 5. The summed E-state index contributed by atoms with van der Waals surface area (Å²) in [5, 5.41) is 7.01. The topological polar surface area (TPSA) is 80.1 Å². The normalized spacial score (nSPS) is 18.4. The van der Waals surface area contributed by atoms with Gasteiger partial charge in [-0.3, -0.25) is 14.3 Å². The Morgan fingerprint density at radius 1 is 1.33 bits per heavy atom. The Kier molecular flexibility index (Phi) is 4.88. The maximum atomic E-state index is 12.6. The molecule has 7 nitrogen and oxygen atoms in total. The smallest absolute Gasteiger partial charge is 0.254 e. The molecule has 3 rings (SSSR count). The van der Waals surface area contributed by atoms with Crippen LogP contribution in [0.25, 0.3) is 0 Å². The third-order valence-electron chi connectivity index (χ3n) is 4.15. The summed E-state index contributed by atoms with van der Waals surface area (Å²) < 4.78 is 1.67. The fraction of sp³-hybridized carbons (Fsp3) is 0.412. The molecule has 1 aliphatic rings. The maximum absolute atomic E-state index is 12.6. The van der Waals surface area contributed by atoms with E-state index in [1.54, 1.807) is 28.0 Å². The second-order valence-electron chi connectivity index (χ2n) is 6.05. The lowest BCUT2D eigenvalue weighted by atomic mass is 10.1. The van der Waals surface area contributed by atoms with E-state index in [2.05, 4.69) is 15.4 Å². The molecule has 0 radical (unpaired) electrons. The number of nitrogens with zero attached hydrogens (tertiary/aromatic N) is 4. The molecule has 1 fully saturated rings. The molecule has 2 unspecified atom stereocenters. The molecule has 7 heteroatoms. The van der Waals surface area contributed by atoms with Crippen LogP contribution in [0.15, 0.2) is 43.0 Å². The van der Waals surface area contributed by atoms with Crippen molar-refractivity contribution in [2.45, 2.75) is 38.4 Å². The highest BCUT2D eigenvalue weighted by molar-refractivity contribution is 5.97. The minimum absolute atomic E-state index is 0.0859. The van der Waals surface area contributed by atoms with Crippen LogP contribution in [0, 0.1) is 0 Å². The van der Waals surface area contributed by atoms with E-state index in [1.165, 1.54) is 6.33 Å². The molecule has 126 valence electrons. The van der Waals surface area contributed by atoms with E-state index in [9.17, 15) is 9.59 Å². The van der Waals surface area contributed by atoms with Crippen molar-refractivity contribution in [3.05, 3.63) is 48.5 Å². The number of likely N-dealkylation sites (tertiary alicyclic amines) is 1. The summed E-state index contributed by atoms with van der Waals surface area (Å²) in [6.07, 6.45) is 4.61. The van der Waals surface area contributed by atoms with Gasteiger partial charge in [-0.1, -0.05) is 18.2 Å². The van der Waals surface area contributed by atoms with Gasteiger partial charge in [0.15, 0.2) is 0 Å². The lowest BCUT2D eigenvalue weighted by Gasteiger charge is -2.25. The lowest BCUT2D eigenvalue weighted by Crippen LogP contribution is -2.49. The largest absolute Gasteiger partial charge is 0.350 e. The number of carbonyl (C=O) groups excluding carboxylic acids is 2. The van der Waals surface area contributed by atoms with Gasteiger partial charge in [0, 0.05) is 18.2 Å². The molecule has 2 amide bonds. The Labute approximate surface area is 140 Å². The van der Waals surface area contributed by atoms with E-state index in [1.807, 2.05) is 25.1 Å². The predicted molar refractivity (Wildman–Crippen MR) is 88.1 cm³/mol. The van der Waals surface area contributed by atoms with Gasteiger partial charge < -0.3 is 10.2 Å². The molecule has 1 aliphatic heterocycles. The van der Waals surface area contributed by atoms with Crippen LogP contribution >= 0.6 is 0 Å². The minimum atomic E-state index is -0.407. The minimum Gasteiger partial charge on any atom is -0.350 e. The molecule has 2 heterocycles. The zero-order valence-electron chi connectivity index (χ0n) is 13.6. The molecule has 1 saturated heterocycles. The SMILES string of the molecule is CC(Cn1cncn1)NC(=O)C1CCCN1C(=O)c1ccccc1. The summed E-state index contributed by atoms with van der Waals surface area (Å²) >= 11 is 0. The summed E-state index contributed by atoms with van der Waals surface area (Å²) in [5.74, 6) is -0.193. The number of benzene rings is 1. The van der Waals surface area contributed by atoms with E-state index < -0.39 is 6.04 Å². The lowest BCUT2D eigenvalue weighted by molar-refractivity contribution is -0.125. The molecule has 1 aromatic carbocycles. The van der Waals surface area contributed by atoms with Crippen molar-refractivity contribution in [2.75, 3.05) is 6.54 Å². The molecule has 0 aliphatic carbocycles. The second-order valence-corrected chi connectivity index (χ2v) is 6.05. The molecule has 24 heavy (non-hydrogen) atoms. The Morgan fingerprint density at radius 3 is 2.83 bits per heavy atom. The predicted octanol–water partition coefficient (Wildman–Crippen LogP) is 1.09. The van der Waals surface area contributed by atoms with E-state index in [0.717, 1.165) is 6.42 Å². The summed E-state index contributed by atoms with van der Waals surface area (Å²) in [5.41, 5.74) is 0.618.